The molecule has 0 amide bonds. The van der Waals surface area contributed by atoms with Gasteiger partial charge in [-0.1, -0.05) is 25.1 Å². The monoisotopic (exact) mass is 352 g/mol. The lowest BCUT2D eigenvalue weighted by Gasteiger charge is -2.15. The van der Waals surface area contributed by atoms with Crippen LogP contribution in [-0.2, 0) is 6.54 Å². The van der Waals surface area contributed by atoms with E-state index in [1.165, 1.54) is 11.1 Å². The van der Waals surface area contributed by atoms with Gasteiger partial charge in [-0.2, -0.15) is 11.3 Å². The summed E-state index contributed by atoms with van der Waals surface area (Å²) in [5.74, 6) is 1.31. The van der Waals surface area contributed by atoms with Crippen molar-refractivity contribution in [3.05, 3.63) is 64.5 Å². The number of nitrogens with one attached hydrogen (secondary N) is 2. The van der Waals surface area contributed by atoms with Gasteiger partial charge in [0, 0.05) is 24.7 Å². The summed E-state index contributed by atoms with van der Waals surface area (Å²) in [5, 5.41) is 12.3. The number of aromatic nitrogens is 1. The molecule has 0 bridgehead atoms. The van der Waals surface area contributed by atoms with Crippen LogP contribution < -0.4 is 10.6 Å². The molecule has 0 aliphatic carbocycles. The summed E-state index contributed by atoms with van der Waals surface area (Å²) in [6.45, 7) is 6.65. The van der Waals surface area contributed by atoms with Crippen LogP contribution >= 0.6 is 11.3 Å². The predicted octanol–water partition coefficient (Wildman–Crippen LogP) is 4.16. The van der Waals surface area contributed by atoms with Gasteiger partial charge in [0.05, 0.1) is 12.1 Å². The molecule has 3 aromatic rings. The Kier molecular flexibility index (Phi) is 6.01. The van der Waals surface area contributed by atoms with Gasteiger partial charge in [0.2, 0.25) is 0 Å². The largest absolute Gasteiger partial charge is 0.357 e. The molecule has 4 nitrogen and oxygen atoms in total. The van der Waals surface area contributed by atoms with Crippen LogP contribution in [0.15, 0.2) is 58.3 Å². The highest BCUT2D eigenvalue weighted by Crippen LogP contribution is 2.18. The zero-order chi connectivity index (χ0) is 17.5. The van der Waals surface area contributed by atoms with Crippen molar-refractivity contribution in [2.24, 2.45) is 4.99 Å². The Hall–Kier alpha value is -2.40. The number of nitrogens with zero attached hydrogens (tertiary/aromatic N) is 2. The number of hydrogen-bond acceptors (Lipinski definition) is 3. The standard InChI is InChI=1S/C20H24N4S/c1-3-21-20(23-12-15(2)17-9-11-25-14-17)24-13-16-8-10-22-19-7-5-4-6-18(16)19/h4-11,14-15H,3,12-13H2,1-2H3,(H2,21,23,24). The number of guanidine groups is 1. The lowest BCUT2D eigenvalue weighted by atomic mass is 10.1. The zero-order valence-corrected chi connectivity index (χ0v) is 15.5. The minimum Gasteiger partial charge on any atom is -0.357 e. The third-order valence-electron chi connectivity index (χ3n) is 4.18. The highest BCUT2D eigenvalue weighted by molar-refractivity contribution is 7.07. The molecule has 130 valence electrons. The molecule has 0 saturated heterocycles. The number of fused-ring (bicyclic) bond motifs is 1. The maximum Gasteiger partial charge on any atom is 0.191 e. The van der Waals surface area contributed by atoms with E-state index in [1.807, 2.05) is 30.5 Å². The first-order chi connectivity index (χ1) is 12.3. The molecule has 2 aromatic heterocycles. The maximum absolute atomic E-state index is 4.76. The fourth-order valence-corrected chi connectivity index (χ4v) is 3.50. The van der Waals surface area contributed by atoms with E-state index in [0.29, 0.717) is 12.5 Å². The third-order valence-corrected chi connectivity index (χ3v) is 4.88. The van der Waals surface area contributed by atoms with Crippen LogP contribution in [0.25, 0.3) is 10.9 Å². The number of hydrogen-bond donors (Lipinski definition) is 2. The number of pyridine rings is 1. The van der Waals surface area contributed by atoms with Crippen molar-refractivity contribution in [2.45, 2.75) is 26.3 Å². The predicted molar refractivity (Wildman–Crippen MR) is 107 cm³/mol. The van der Waals surface area contributed by atoms with E-state index in [1.54, 1.807) is 11.3 Å². The van der Waals surface area contributed by atoms with Crippen molar-refractivity contribution in [1.29, 1.82) is 0 Å². The van der Waals surface area contributed by atoms with E-state index in [-0.39, 0.29) is 0 Å². The number of aliphatic imine (C=N–C) groups is 1. The van der Waals surface area contributed by atoms with Crippen LogP contribution in [0.2, 0.25) is 0 Å². The molecule has 1 unspecified atom stereocenters. The average molecular weight is 353 g/mol. The summed E-state index contributed by atoms with van der Waals surface area (Å²) in [6.07, 6.45) is 1.85. The van der Waals surface area contributed by atoms with Crippen LogP contribution in [0, 0.1) is 0 Å². The molecular formula is C20H24N4S. The fourth-order valence-electron chi connectivity index (χ4n) is 2.72. The van der Waals surface area contributed by atoms with Crippen LogP contribution in [0.3, 0.4) is 0 Å². The van der Waals surface area contributed by atoms with E-state index in [0.717, 1.165) is 30.0 Å². The summed E-state index contributed by atoms with van der Waals surface area (Å²) >= 11 is 1.74. The molecule has 0 fully saturated rings. The number of benzene rings is 1. The molecule has 0 spiro atoms. The lowest BCUT2D eigenvalue weighted by Crippen LogP contribution is -2.39. The molecule has 25 heavy (non-hydrogen) atoms. The van der Waals surface area contributed by atoms with Gasteiger partial charge in [-0.15, -0.1) is 0 Å². The van der Waals surface area contributed by atoms with Gasteiger partial charge in [0.25, 0.3) is 0 Å². The molecule has 5 heteroatoms. The molecule has 0 aliphatic rings. The van der Waals surface area contributed by atoms with E-state index in [4.69, 9.17) is 4.99 Å². The second-order valence-corrected chi connectivity index (χ2v) is 6.80. The molecule has 2 N–H and O–H groups in total. The Morgan fingerprint density at radius 1 is 1.20 bits per heavy atom. The van der Waals surface area contributed by atoms with Crippen molar-refractivity contribution in [3.8, 4) is 0 Å². The summed E-state index contributed by atoms with van der Waals surface area (Å²) in [6, 6.07) is 12.4. The Morgan fingerprint density at radius 2 is 2.08 bits per heavy atom. The molecule has 0 saturated carbocycles. The number of rotatable bonds is 6. The first-order valence-corrected chi connectivity index (χ1v) is 9.59. The van der Waals surface area contributed by atoms with Gasteiger partial charge >= 0.3 is 0 Å². The first-order valence-electron chi connectivity index (χ1n) is 8.65. The first kappa shape index (κ1) is 17.4. The smallest absolute Gasteiger partial charge is 0.191 e. The van der Waals surface area contributed by atoms with Crippen LogP contribution in [-0.4, -0.2) is 24.0 Å². The van der Waals surface area contributed by atoms with E-state index in [2.05, 4.69) is 52.4 Å². The molecule has 0 radical (unpaired) electrons. The number of para-hydroxylation sites is 1. The average Bonchev–Trinajstić information content (AvgIpc) is 3.18. The minimum atomic E-state index is 0.455. The summed E-state index contributed by atoms with van der Waals surface area (Å²) in [4.78, 5) is 9.17. The van der Waals surface area contributed by atoms with Gasteiger partial charge in [0.1, 0.15) is 0 Å². The zero-order valence-electron chi connectivity index (χ0n) is 14.7. The summed E-state index contributed by atoms with van der Waals surface area (Å²) in [5.41, 5.74) is 3.57. The topological polar surface area (TPSA) is 49.3 Å². The Morgan fingerprint density at radius 3 is 2.88 bits per heavy atom. The quantitative estimate of drug-likeness (QED) is 0.517. The van der Waals surface area contributed by atoms with Crippen molar-refractivity contribution in [1.82, 2.24) is 15.6 Å². The molecular weight excluding hydrogens is 328 g/mol. The Balaban J connectivity index is 1.69. The van der Waals surface area contributed by atoms with Crippen LogP contribution in [0.5, 0.6) is 0 Å². The normalized spacial score (nSPS) is 13.0. The summed E-state index contributed by atoms with van der Waals surface area (Å²) in [7, 11) is 0. The van der Waals surface area contributed by atoms with E-state index >= 15 is 0 Å². The molecule has 2 heterocycles. The van der Waals surface area contributed by atoms with Crippen molar-refractivity contribution >= 4 is 28.2 Å². The Labute approximate surface area is 153 Å². The Bertz CT molecular complexity index is 821. The van der Waals surface area contributed by atoms with Crippen LogP contribution in [0.4, 0.5) is 0 Å². The van der Waals surface area contributed by atoms with Crippen molar-refractivity contribution in [3.63, 3.8) is 0 Å². The van der Waals surface area contributed by atoms with Gasteiger partial charge in [-0.05, 0) is 52.9 Å². The molecule has 3 rings (SSSR count). The van der Waals surface area contributed by atoms with Gasteiger partial charge < -0.3 is 10.6 Å². The van der Waals surface area contributed by atoms with Gasteiger partial charge in [-0.25, -0.2) is 4.99 Å². The number of thiophene rings is 1. The van der Waals surface area contributed by atoms with Crippen molar-refractivity contribution < 1.29 is 0 Å². The lowest BCUT2D eigenvalue weighted by molar-refractivity contribution is 0.702. The van der Waals surface area contributed by atoms with E-state index in [9.17, 15) is 0 Å². The van der Waals surface area contributed by atoms with E-state index < -0.39 is 0 Å². The van der Waals surface area contributed by atoms with Gasteiger partial charge in [-0.3, -0.25) is 4.98 Å². The molecule has 0 aliphatic heterocycles. The van der Waals surface area contributed by atoms with Crippen LogP contribution in [0.1, 0.15) is 30.9 Å². The highest BCUT2D eigenvalue weighted by atomic mass is 32.1. The molecule has 1 aromatic carbocycles. The maximum atomic E-state index is 4.76. The minimum absolute atomic E-state index is 0.455. The summed E-state index contributed by atoms with van der Waals surface area (Å²) < 4.78 is 0. The third kappa shape index (κ3) is 4.57. The molecule has 1 atom stereocenters. The second-order valence-electron chi connectivity index (χ2n) is 6.02. The van der Waals surface area contributed by atoms with Gasteiger partial charge in [0.15, 0.2) is 5.96 Å². The second kappa shape index (κ2) is 8.62. The highest BCUT2D eigenvalue weighted by Gasteiger charge is 2.07. The fraction of sp³-hybridized carbons (Fsp3) is 0.300. The SMILES string of the molecule is CCNC(=NCc1ccnc2ccccc12)NCC(C)c1ccsc1. The van der Waals surface area contributed by atoms with Crippen molar-refractivity contribution in [2.75, 3.05) is 13.1 Å².